The molecule has 3 aromatic carbocycles. The average Bonchev–Trinajstić information content (AvgIpc) is 3.26. The van der Waals surface area contributed by atoms with Gasteiger partial charge in [-0.25, -0.2) is 4.68 Å². The smallest absolute Gasteiger partial charge is 0.387 e. The molecule has 1 aliphatic rings. The van der Waals surface area contributed by atoms with E-state index in [2.05, 4.69) is 20.4 Å². The highest BCUT2D eigenvalue weighted by Crippen LogP contribution is 2.41. The predicted octanol–water partition coefficient (Wildman–Crippen LogP) is 7.15. The Hall–Kier alpha value is -2.85. The minimum Gasteiger partial charge on any atom is -0.435 e. The molecule has 0 amide bonds. The van der Waals surface area contributed by atoms with Crippen LogP contribution in [0.5, 0.6) is 5.75 Å². The third kappa shape index (κ3) is 5.01. The Balaban J connectivity index is 1.53. The minimum atomic E-state index is -2.95. The molecule has 1 aliphatic heterocycles. The number of fused-ring (bicyclic) bond motifs is 1. The summed E-state index contributed by atoms with van der Waals surface area (Å²) in [6, 6.07) is 17.2. The second-order valence-corrected chi connectivity index (χ2v) is 10.1. The van der Waals surface area contributed by atoms with Crippen molar-refractivity contribution < 1.29 is 18.3 Å². The molecule has 2 heterocycles. The normalized spacial score (nSPS) is 16.9. The Labute approximate surface area is 223 Å². The van der Waals surface area contributed by atoms with E-state index < -0.39 is 17.9 Å². The first kappa shape index (κ1) is 24.8. The van der Waals surface area contributed by atoms with Crippen LogP contribution in [-0.4, -0.2) is 32.5 Å². The molecule has 1 aromatic heterocycles. The van der Waals surface area contributed by atoms with Crippen LogP contribution in [0.4, 0.5) is 8.78 Å². The number of hydrogen-bond donors (Lipinski definition) is 1. The minimum absolute atomic E-state index is 0.0329. The lowest BCUT2D eigenvalue weighted by Crippen LogP contribution is -2.39. The SMILES string of the molecule is O=C(c1ccc(OC(F)F)cc1)[C@H]1Sc2nnc(-c3ccc(Cl)cc3Cl)n2N[C@@H]1c1ccc(Cl)cc1. The summed E-state index contributed by atoms with van der Waals surface area (Å²) in [4.78, 5) is 13.6. The Bertz CT molecular complexity index is 1420. The Morgan fingerprint density at radius 1 is 0.972 bits per heavy atom. The van der Waals surface area contributed by atoms with E-state index in [1.54, 1.807) is 35.0 Å². The number of hydrogen-bond acceptors (Lipinski definition) is 6. The van der Waals surface area contributed by atoms with Crippen LogP contribution in [0, 0.1) is 0 Å². The van der Waals surface area contributed by atoms with E-state index in [-0.39, 0.29) is 11.5 Å². The third-order valence-corrected chi connectivity index (χ3v) is 7.48. The second-order valence-electron chi connectivity index (χ2n) is 7.73. The molecule has 0 saturated heterocycles. The van der Waals surface area contributed by atoms with Crippen LogP contribution in [0.25, 0.3) is 11.4 Å². The van der Waals surface area contributed by atoms with Gasteiger partial charge in [0.2, 0.25) is 5.16 Å². The van der Waals surface area contributed by atoms with Gasteiger partial charge in [-0.15, -0.1) is 10.2 Å². The molecule has 12 heteroatoms. The molecule has 0 unspecified atom stereocenters. The van der Waals surface area contributed by atoms with Crippen LogP contribution >= 0.6 is 46.6 Å². The molecule has 0 bridgehead atoms. The molecule has 0 saturated carbocycles. The summed E-state index contributed by atoms with van der Waals surface area (Å²) in [7, 11) is 0. The van der Waals surface area contributed by atoms with Crippen molar-refractivity contribution in [3.05, 3.63) is 92.9 Å². The highest BCUT2D eigenvalue weighted by atomic mass is 35.5. The van der Waals surface area contributed by atoms with E-state index in [0.29, 0.717) is 37.2 Å². The average molecular weight is 568 g/mol. The molecule has 2 atom stereocenters. The van der Waals surface area contributed by atoms with Crippen LogP contribution in [0.1, 0.15) is 22.0 Å². The van der Waals surface area contributed by atoms with Gasteiger partial charge >= 0.3 is 6.61 Å². The van der Waals surface area contributed by atoms with Gasteiger partial charge in [-0.3, -0.25) is 4.79 Å². The first-order valence-electron chi connectivity index (χ1n) is 10.5. The molecule has 0 aliphatic carbocycles. The quantitative estimate of drug-likeness (QED) is 0.250. The van der Waals surface area contributed by atoms with E-state index in [1.165, 1.54) is 36.0 Å². The zero-order valence-corrected chi connectivity index (χ0v) is 21.1. The molecule has 4 aromatic rings. The number of Topliss-reactive ketones (excluding diaryl/α,β-unsaturated/α-hetero) is 1. The number of nitrogens with one attached hydrogen (secondary N) is 1. The number of aromatic nitrogens is 3. The number of ketones is 1. The van der Waals surface area contributed by atoms with Crippen molar-refractivity contribution in [2.75, 3.05) is 5.43 Å². The summed E-state index contributed by atoms with van der Waals surface area (Å²) in [5, 5.41) is 9.79. The van der Waals surface area contributed by atoms with Gasteiger partial charge in [0.25, 0.3) is 0 Å². The lowest BCUT2D eigenvalue weighted by atomic mass is 9.97. The number of benzene rings is 3. The molecule has 5 rings (SSSR count). The maximum atomic E-state index is 13.6. The Morgan fingerprint density at radius 3 is 2.33 bits per heavy atom. The summed E-state index contributed by atoms with van der Waals surface area (Å²) in [6.45, 7) is -2.95. The highest BCUT2D eigenvalue weighted by molar-refractivity contribution is 8.00. The topological polar surface area (TPSA) is 69.0 Å². The van der Waals surface area contributed by atoms with Gasteiger partial charge in [0.05, 0.1) is 11.1 Å². The van der Waals surface area contributed by atoms with Gasteiger partial charge in [0, 0.05) is 21.2 Å². The number of thioether (sulfide) groups is 1. The third-order valence-electron chi connectivity index (χ3n) is 5.46. The molecular weight excluding hydrogens is 553 g/mol. The monoisotopic (exact) mass is 566 g/mol. The zero-order valence-electron chi connectivity index (χ0n) is 18.0. The van der Waals surface area contributed by atoms with Crippen LogP contribution in [0.15, 0.2) is 71.9 Å². The lowest BCUT2D eigenvalue weighted by Gasteiger charge is -2.33. The summed E-state index contributed by atoms with van der Waals surface area (Å²) >= 11 is 19.8. The van der Waals surface area contributed by atoms with Crippen molar-refractivity contribution in [2.24, 2.45) is 0 Å². The van der Waals surface area contributed by atoms with Gasteiger partial charge in [-0.05, 0) is 60.2 Å². The Kier molecular flexibility index (Phi) is 7.07. The number of halogens is 5. The summed E-state index contributed by atoms with van der Waals surface area (Å²) in [5.74, 6) is 0.198. The van der Waals surface area contributed by atoms with E-state index in [9.17, 15) is 13.6 Å². The van der Waals surface area contributed by atoms with Crippen LogP contribution in [0.3, 0.4) is 0 Å². The maximum absolute atomic E-state index is 13.6. The number of carbonyl (C=O) groups is 1. The molecule has 0 fully saturated rings. The van der Waals surface area contributed by atoms with Crippen molar-refractivity contribution >= 4 is 52.3 Å². The summed E-state index contributed by atoms with van der Waals surface area (Å²) in [6.07, 6.45) is 0. The first-order chi connectivity index (χ1) is 17.3. The lowest BCUT2D eigenvalue weighted by molar-refractivity contribution is -0.0498. The predicted molar refractivity (Wildman–Crippen MR) is 136 cm³/mol. The highest BCUT2D eigenvalue weighted by Gasteiger charge is 2.38. The van der Waals surface area contributed by atoms with E-state index in [4.69, 9.17) is 34.8 Å². The molecular formula is C24H15Cl3F2N4O2S. The van der Waals surface area contributed by atoms with Crippen molar-refractivity contribution in [3.63, 3.8) is 0 Å². The van der Waals surface area contributed by atoms with Crippen LogP contribution < -0.4 is 10.2 Å². The largest absolute Gasteiger partial charge is 0.435 e. The standard InChI is InChI=1S/C24H15Cl3F2N4O2S/c25-14-5-1-12(2-6-14)19-21(20(34)13-3-8-16(9-4-13)35-23(28)29)36-24-31-30-22(33(24)32-19)17-10-7-15(26)11-18(17)27/h1-11,19,21,23,32H/t19-,21+/m1/s1. The number of rotatable bonds is 6. The first-order valence-corrected chi connectivity index (χ1v) is 12.5. The maximum Gasteiger partial charge on any atom is 0.387 e. The van der Waals surface area contributed by atoms with Crippen molar-refractivity contribution in [3.8, 4) is 17.1 Å². The van der Waals surface area contributed by atoms with E-state index in [1.807, 2.05) is 12.1 Å². The second kappa shape index (κ2) is 10.3. The molecule has 36 heavy (non-hydrogen) atoms. The van der Waals surface area contributed by atoms with Gasteiger partial charge < -0.3 is 10.2 Å². The zero-order chi connectivity index (χ0) is 25.4. The van der Waals surface area contributed by atoms with Gasteiger partial charge in [0.15, 0.2) is 11.6 Å². The number of ether oxygens (including phenoxy) is 1. The van der Waals surface area contributed by atoms with E-state index in [0.717, 1.165) is 5.56 Å². The van der Waals surface area contributed by atoms with Gasteiger partial charge in [0.1, 0.15) is 11.0 Å². The van der Waals surface area contributed by atoms with Gasteiger partial charge in [-0.2, -0.15) is 8.78 Å². The summed E-state index contributed by atoms with van der Waals surface area (Å²) < 4.78 is 31.1. The molecule has 1 N–H and O–H groups in total. The number of nitrogens with zero attached hydrogens (tertiary/aromatic N) is 3. The molecule has 0 spiro atoms. The van der Waals surface area contributed by atoms with Crippen molar-refractivity contribution in [1.82, 2.24) is 14.9 Å². The van der Waals surface area contributed by atoms with Crippen LogP contribution in [-0.2, 0) is 0 Å². The summed E-state index contributed by atoms with van der Waals surface area (Å²) in [5.41, 5.74) is 5.10. The van der Waals surface area contributed by atoms with Crippen LogP contribution in [0.2, 0.25) is 15.1 Å². The van der Waals surface area contributed by atoms with Crippen molar-refractivity contribution in [1.29, 1.82) is 0 Å². The fourth-order valence-electron chi connectivity index (χ4n) is 3.79. The molecule has 0 radical (unpaired) electrons. The number of alkyl halides is 2. The van der Waals surface area contributed by atoms with Crippen molar-refractivity contribution in [2.45, 2.75) is 23.1 Å². The fourth-order valence-corrected chi connectivity index (χ4v) is 5.56. The fraction of sp³-hybridized carbons (Fsp3) is 0.125. The van der Waals surface area contributed by atoms with E-state index >= 15 is 0 Å². The molecule has 184 valence electrons. The Morgan fingerprint density at radius 2 is 1.67 bits per heavy atom. The molecule has 6 nitrogen and oxygen atoms in total. The number of carbonyl (C=O) groups excluding carboxylic acids is 1. The van der Waals surface area contributed by atoms with Gasteiger partial charge in [-0.1, -0.05) is 58.7 Å².